The van der Waals surface area contributed by atoms with Crippen LogP contribution in [-0.4, -0.2) is 39.7 Å². The van der Waals surface area contributed by atoms with E-state index in [0.29, 0.717) is 18.4 Å². The van der Waals surface area contributed by atoms with E-state index in [-0.39, 0.29) is 23.8 Å². The third-order valence-electron chi connectivity index (χ3n) is 5.93. The van der Waals surface area contributed by atoms with Crippen molar-refractivity contribution in [3.63, 3.8) is 0 Å². The molecule has 1 amide bonds. The van der Waals surface area contributed by atoms with Gasteiger partial charge < -0.3 is 10.2 Å². The first-order chi connectivity index (χ1) is 12.5. The molecule has 2 aromatic rings. The Morgan fingerprint density at radius 1 is 1.23 bits per heavy atom. The highest BCUT2D eigenvalue weighted by Crippen LogP contribution is 2.39. The number of rotatable bonds is 4. The summed E-state index contributed by atoms with van der Waals surface area (Å²) >= 11 is 0. The molecule has 1 aliphatic carbocycles. The molecule has 1 N–H and O–H groups in total. The highest BCUT2D eigenvalue weighted by Gasteiger charge is 2.39. The van der Waals surface area contributed by atoms with Crippen molar-refractivity contribution in [2.45, 2.75) is 49.7 Å². The van der Waals surface area contributed by atoms with E-state index in [0.717, 1.165) is 30.5 Å². The van der Waals surface area contributed by atoms with Crippen LogP contribution in [0.1, 0.15) is 48.9 Å². The van der Waals surface area contributed by atoms with Crippen LogP contribution in [0.4, 0.5) is 4.39 Å². The van der Waals surface area contributed by atoms with Gasteiger partial charge in [0.15, 0.2) is 0 Å². The highest BCUT2D eigenvalue weighted by molar-refractivity contribution is 5.77. The van der Waals surface area contributed by atoms with Crippen LogP contribution in [0.25, 0.3) is 0 Å². The molecule has 26 heavy (non-hydrogen) atoms. The number of nitrogens with one attached hydrogen (secondary N) is 1. The van der Waals surface area contributed by atoms with Crippen molar-refractivity contribution in [3.05, 3.63) is 53.6 Å². The maximum absolute atomic E-state index is 13.4. The SMILES string of the molecule is CN1C(=O)CC[C@@H](NC2CC(c3cccc(F)c3)C2)[C@@H]1c1ccnn1C. The van der Waals surface area contributed by atoms with E-state index in [1.807, 2.05) is 35.8 Å². The number of carbonyl (C=O) groups is 1. The summed E-state index contributed by atoms with van der Waals surface area (Å²) in [7, 11) is 3.80. The molecule has 1 aromatic heterocycles. The third-order valence-corrected chi connectivity index (χ3v) is 5.93. The van der Waals surface area contributed by atoms with Crippen molar-refractivity contribution in [2.75, 3.05) is 7.05 Å². The molecule has 0 bridgehead atoms. The van der Waals surface area contributed by atoms with E-state index in [9.17, 15) is 9.18 Å². The summed E-state index contributed by atoms with van der Waals surface area (Å²) in [4.78, 5) is 14.1. The summed E-state index contributed by atoms with van der Waals surface area (Å²) in [5, 5.41) is 8.03. The minimum atomic E-state index is -0.164. The van der Waals surface area contributed by atoms with Crippen LogP contribution in [0.3, 0.4) is 0 Å². The number of carbonyl (C=O) groups excluding carboxylic acids is 1. The first-order valence-electron chi connectivity index (χ1n) is 9.28. The second-order valence-corrected chi connectivity index (χ2v) is 7.56. The zero-order valence-corrected chi connectivity index (χ0v) is 15.2. The van der Waals surface area contributed by atoms with Crippen LogP contribution in [0, 0.1) is 5.82 Å². The summed E-state index contributed by atoms with van der Waals surface area (Å²) in [6, 6.07) is 9.54. The molecule has 1 saturated heterocycles. The molecule has 1 saturated carbocycles. The summed E-state index contributed by atoms with van der Waals surface area (Å²) < 4.78 is 15.3. The normalized spacial score (nSPS) is 28.9. The number of piperidine rings is 1. The number of likely N-dealkylation sites (N-methyl/N-ethyl adjacent to an activating group) is 1. The van der Waals surface area contributed by atoms with Gasteiger partial charge >= 0.3 is 0 Å². The van der Waals surface area contributed by atoms with Crippen molar-refractivity contribution >= 4 is 5.91 Å². The topological polar surface area (TPSA) is 50.2 Å². The van der Waals surface area contributed by atoms with Crippen LogP contribution >= 0.6 is 0 Å². The molecule has 2 fully saturated rings. The van der Waals surface area contributed by atoms with Gasteiger partial charge in [-0.3, -0.25) is 9.48 Å². The second-order valence-electron chi connectivity index (χ2n) is 7.56. The highest BCUT2D eigenvalue weighted by atomic mass is 19.1. The number of aryl methyl sites for hydroxylation is 1. The van der Waals surface area contributed by atoms with Crippen LogP contribution in [-0.2, 0) is 11.8 Å². The third kappa shape index (κ3) is 3.14. The van der Waals surface area contributed by atoms with Gasteiger partial charge in [-0.2, -0.15) is 5.10 Å². The number of amides is 1. The molecule has 2 heterocycles. The lowest BCUT2D eigenvalue weighted by atomic mass is 9.75. The van der Waals surface area contributed by atoms with Crippen molar-refractivity contribution in [1.82, 2.24) is 20.0 Å². The van der Waals surface area contributed by atoms with Gasteiger partial charge in [-0.1, -0.05) is 12.1 Å². The Morgan fingerprint density at radius 3 is 2.73 bits per heavy atom. The van der Waals surface area contributed by atoms with Gasteiger partial charge in [0.05, 0.1) is 11.7 Å². The molecule has 4 rings (SSSR count). The molecule has 0 spiro atoms. The molecule has 1 aromatic carbocycles. The lowest BCUT2D eigenvalue weighted by Gasteiger charge is -2.44. The number of hydrogen-bond donors (Lipinski definition) is 1. The van der Waals surface area contributed by atoms with Crippen molar-refractivity contribution in [2.24, 2.45) is 7.05 Å². The van der Waals surface area contributed by atoms with E-state index < -0.39 is 0 Å². The number of aromatic nitrogens is 2. The van der Waals surface area contributed by atoms with Crippen molar-refractivity contribution < 1.29 is 9.18 Å². The number of hydrogen-bond acceptors (Lipinski definition) is 3. The molecule has 1 aliphatic heterocycles. The minimum Gasteiger partial charge on any atom is -0.336 e. The van der Waals surface area contributed by atoms with Crippen LogP contribution in [0.2, 0.25) is 0 Å². The predicted molar refractivity (Wildman–Crippen MR) is 97.0 cm³/mol. The van der Waals surface area contributed by atoms with E-state index >= 15 is 0 Å². The fourth-order valence-corrected chi connectivity index (χ4v) is 4.38. The van der Waals surface area contributed by atoms with Gasteiger partial charge in [0, 0.05) is 38.8 Å². The van der Waals surface area contributed by atoms with Crippen LogP contribution in [0.15, 0.2) is 36.5 Å². The Hall–Kier alpha value is -2.21. The Labute approximate surface area is 153 Å². The van der Waals surface area contributed by atoms with Crippen LogP contribution in [0.5, 0.6) is 0 Å². The van der Waals surface area contributed by atoms with E-state index in [2.05, 4.69) is 10.4 Å². The standard InChI is InChI=1S/C20H25FN4O/c1-24-19(26)7-6-17(20(24)18-8-9-22-25(18)2)23-16-11-14(12-16)13-4-3-5-15(21)10-13/h3-5,8-10,14,16-17,20,23H,6-7,11-12H2,1-2H3/t14?,16?,17-,20-/m1/s1. The van der Waals surface area contributed by atoms with Crippen LogP contribution < -0.4 is 5.32 Å². The molecule has 6 heteroatoms. The fraction of sp³-hybridized carbons (Fsp3) is 0.500. The molecule has 0 radical (unpaired) electrons. The first kappa shape index (κ1) is 17.2. The van der Waals surface area contributed by atoms with Gasteiger partial charge in [-0.05, 0) is 48.9 Å². The maximum atomic E-state index is 13.4. The summed E-state index contributed by atoms with van der Waals surface area (Å²) in [5.41, 5.74) is 2.14. The van der Waals surface area contributed by atoms with Crippen molar-refractivity contribution in [3.8, 4) is 0 Å². The van der Waals surface area contributed by atoms with Gasteiger partial charge in [-0.15, -0.1) is 0 Å². The monoisotopic (exact) mass is 356 g/mol. The largest absolute Gasteiger partial charge is 0.336 e. The van der Waals surface area contributed by atoms with E-state index in [4.69, 9.17) is 0 Å². The van der Waals surface area contributed by atoms with Crippen molar-refractivity contribution in [1.29, 1.82) is 0 Å². The van der Waals surface area contributed by atoms with Gasteiger partial charge in [-0.25, -0.2) is 4.39 Å². The Morgan fingerprint density at radius 2 is 2.04 bits per heavy atom. The zero-order valence-electron chi connectivity index (χ0n) is 15.2. The lowest BCUT2D eigenvalue weighted by Crippen LogP contribution is -2.54. The fourth-order valence-electron chi connectivity index (χ4n) is 4.38. The summed E-state index contributed by atoms with van der Waals surface area (Å²) in [6.45, 7) is 0. The number of nitrogens with zero attached hydrogens (tertiary/aromatic N) is 3. The number of halogens is 1. The van der Waals surface area contributed by atoms with E-state index in [1.165, 1.54) is 6.07 Å². The lowest BCUT2D eigenvalue weighted by molar-refractivity contribution is -0.136. The predicted octanol–water partition coefficient (Wildman–Crippen LogP) is 2.76. The van der Waals surface area contributed by atoms with Gasteiger partial charge in [0.2, 0.25) is 5.91 Å². The Bertz CT molecular complexity index is 799. The maximum Gasteiger partial charge on any atom is 0.222 e. The molecular formula is C20H25FN4O. The molecule has 5 nitrogen and oxygen atoms in total. The number of likely N-dealkylation sites (tertiary alicyclic amines) is 1. The zero-order chi connectivity index (χ0) is 18.3. The van der Waals surface area contributed by atoms with Gasteiger partial charge in [0.25, 0.3) is 0 Å². The molecular weight excluding hydrogens is 331 g/mol. The second kappa shape index (κ2) is 6.83. The molecule has 2 atom stereocenters. The summed E-state index contributed by atoms with van der Waals surface area (Å²) in [5.74, 6) is 0.435. The molecule has 138 valence electrons. The van der Waals surface area contributed by atoms with Gasteiger partial charge in [0.1, 0.15) is 5.82 Å². The Balaban J connectivity index is 1.44. The molecule has 0 unspecified atom stereocenters. The first-order valence-corrected chi connectivity index (χ1v) is 9.28. The minimum absolute atomic E-state index is 0.00281. The number of benzene rings is 1. The van der Waals surface area contributed by atoms with E-state index in [1.54, 1.807) is 18.3 Å². The Kier molecular flexibility index (Phi) is 4.53. The summed E-state index contributed by atoms with van der Waals surface area (Å²) in [6.07, 6.45) is 5.21. The smallest absolute Gasteiger partial charge is 0.222 e. The average molecular weight is 356 g/mol. The quantitative estimate of drug-likeness (QED) is 0.916. The molecule has 2 aliphatic rings. The average Bonchev–Trinajstić information content (AvgIpc) is 2.99.